The molecule has 0 radical (unpaired) electrons. The van der Waals surface area contributed by atoms with Crippen molar-refractivity contribution in [1.82, 2.24) is 5.43 Å². The van der Waals surface area contributed by atoms with Crippen molar-refractivity contribution >= 4 is 11.7 Å². The van der Waals surface area contributed by atoms with E-state index in [1.54, 1.807) is 0 Å². The molecule has 0 unspecified atom stereocenters. The molecular formula is C9H17N3O. The Morgan fingerprint density at radius 2 is 2.00 bits per heavy atom. The second-order valence-corrected chi connectivity index (χ2v) is 4.32. The van der Waals surface area contributed by atoms with Crippen molar-refractivity contribution in [1.29, 1.82) is 0 Å². The Balaban J connectivity index is 2.40. The minimum Gasteiger partial charge on any atom is -0.350 e. The van der Waals surface area contributed by atoms with Crippen LogP contribution in [-0.2, 0) is 0 Å². The molecule has 0 aromatic carbocycles. The maximum Gasteiger partial charge on any atom is 0.332 e. The first kappa shape index (κ1) is 10.0. The van der Waals surface area contributed by atoms with Crippen LogP contribution in [0.2, 0.25) is 0 Å². The summed E-state index contributed by atoms with van der Waals surface area (Å²) < 4.78 is 0. The van der Waals surface area contributed by atoms with Gasteiger partial charge in [0, 0.05) is 5.71 Å². The molecule has 0 saturated heterocycles. The quantitative estimate of drug-likeness (QED) is 0.596. The molecule has 0 aromatic heterocycles. The van der Waals surface area contributed by atoms with E-state index in [0.29, 0.717) is 5.41 Å². The molecule has 1 rings (SSSR count). The molecule has 2 amide bonds. The van der Waals surface area contributed by atoms with Gasteiger partial charge in [0.15, 0.2) is 0 Å². The van der Waals surface area contributed by atoms with Crippen molar-refractivity contribution in [3.8, 4) is 0 Å². The topological polar surface area (TPSA) is 67.5 Å². The van der Waals surface area contributed by atoms with Gasteiger partial charge in [-0.25, -0.2) is 10.2 Å². The smallest absolute Gasteiger partial charge is 0.332 e. The summed E-state index contributed by atoms with van der Waals surface area (Å²) in [4.78, 5) is 10.4. The van der Waals surface area contributed by atoms with Gasteiger partial charge in [0.25, 0.3) is 0 Å². The minimum absolute atomic E-state index is 0.422. The van der Waals surface area contributed by atoms with Gasteiger partial charge in [-0.2, -0.15) is 5.10 Å². The van der Waals surface area contributed by atoms with Crippen LogP contribution >= 0.6 is 0 Å². The number of hydrogen-bond acceptors (Lipinski definition) is 2. The number of nitrogens with zero attached hydrogens (tertiary/aromatic N) is 1. The third-order valence-corrected chi connectivity index (χ3v) is 2.50. The highest BCUT2D eigenvalue weighted by atomic mass is 16.2. The first-order valence-corrected chi connectivity index (χ1v) is 4.60. The summed E-state index contributed by atoms with van der Waals surface area (Å²) >= 11 is 0. The maximum atomic E-state index is 10.4. The SMILES string of the molecule is CC1(C)CCC(=NNC(N)=O)CC1. The zero-order valence-electron chi connectivity index (χ0n) is 8.26. The summed E-state index contributed by atoms with van der Waals surface area (Å²) in [5, 5.41) is 3.94. The molecule has 1 aliphatic carbocycles. The molecule has 0 heterocycles. The van der Waals surface area contributed by atoms with Crippen LogP contribution in [0.5, 0.6) is 0 Å². The summed E-state index contributed by atoms with van der Waals surface area (Å²) in [6, 6.07) is -0.586. The van der Waals surface area contributed by atoms with Gasteiger partial charge in [-0.1, -0.05) is 13.8 Å². The van der Waals surface area contributed by atoms with Crippen LogP contribution in [0.15, 0.2) is 5.10 Å². The van der Waals surface area contributed by atoms with Crippen molar-refractivity contribution in [3.05, 3.63) is 0 Å². The average Bonchev–Trinajstić information content (AvgIpc) is 2.02. The van der Waals surface area contributed by atoms with Gasteiger partial charge in [-0.15, -0.1) is 0 Å². The Labute approximate surface area is 78.6 Å². The summed E-state index contributed by atoms with van der Waals surface area (Å²) in [6.07, 6.45) is 4.19. The third-order valence-electron chi connectivity index (χ3n) is 2.50. The minimum atomic E-state index is -0.586. The summed E-state index contributed by atoms with van der Waals surface area (Å²) in [6.45, 7) is 4.51. The van der Waals surface area contributed by atoms with Crippen molar-refractivity contribution < 1.29 is 4.79 Å². The lowest BCUT2D eigenvalue weighted by Crippen LogP contribution is -2.28. The van der Waals surface area contributed by atoms with E-state index in [4.69, 9.17) is 5.73 Å². The molecule has 3 N–H and O–H groups in total. The predicted molar refractivity (Wildman–Crippen MR) is 52.4 cm³/mol. The van der Waals surface area contributed by atoms with E-state index in [-0.39, 0.29) is 0 Å². The van der Waals surface area contributed by atoms with Crippen LogP contribution in [0.25, 0.3) is 0 Å². The second-order valence-electron chi connectivity index (χ2n) is 4.32. The van der Waals surface area contributed by atoms with Crippen molar-refractivity contribution in [2.24, 2.45) is 16.3 Å². The maximum absolute atomic E-state index is 10.4. The van der Waals surface area contributed by atoms with E-state index in [1.165, 1.54) is 0 Å². The van der Waals surface area contributed by atoms with Gasteiger partial charge >= 0.3 is 6.03 Å². The largest absolute Gasteiger partial charge is 0.350 e. The number of carbonyl (C=O) groups is 1. The fourth-order valence-corrected chi connectivity index (χ4v) is 1.46. The van der Waals surface area contributed by atoms with Crippen LogP contribution in [0.4, 0.5) is 4.79 Å². The number of hydrogen-bond donors (Lipinski definition) is 2. The zero-order valence-corrected chi connectivity index (χ0v) is 8.26. The second kappa shape index (κ2) is 3.77. The highest BCUT2D eigenvalue weighted by molar-refractivity contribution is 5.86. The Kier molecular flexibility index (Phi) is 2.90. The van der Waals surface area contributed by atoms with Crippen molar-refractivity contribution in [2.45, 2.75) is 39.5 Å². The van der Waals surface area contributed by atoms with Gasteiger partial charge in [0.05, 0.1) is 0 Å². The van der Waals surface area contributed by atoms with Crippen LogP contribution < -0.4 is 11.2 Å². The standard InChI is InChI=1S/C9H17N3O/c1-9(2)5-3-7(4-6-9)11-12-8(10)13/h3-6H2,1-2H3,(H3,10,12,13). The molecule has 74 valence electrons. The normalized spacial score (nSPS) is 20.9. The number of hydrazone groups is 1. The third kappa shape index (κ3) is 3.44. The van der Waals surface area contributed by atoms with Gasteiger partial charge in [0.1, 0.15) is 0 Å². The van der Waals surface area contributed by atoms with Crippen LogP contribution in [0.1, 0.15) is 39.5 Å². The van der Waals surface area contributed by atoms with Crippen LogP contribution in [-0.4, -0.2) is 11.7 Å². The average molecular weight is 183 g/mol. The summed E-state index contributed by atoms with van der Waals surface area (Å²) in [5.74, 6) is 0. The Bertz CT molecular complexity index is 221. The molecule has 1 fully saturated rings. The fourth-order valence-electron chi connectivity index (χ4n) is 1.46. The van der Waals surface area contributed by atoms with E-state index in [9.17, 15) is 4.79 Å². The van der Waals surface area contributed by atoms with Gasteiger partial charge in [0.2, 0.25) is 0 Å². The summed E-state index contributed by atoms with van der Waals surface area (Å²) in [5.41, 5.74) is 8.65. The van der Waals surface area contributed by atoms with Gasteiger partial charge in [-0.3, -0.25) is 0 Å². The van der Waals surface area contributed by atoms with E-state index < -0.39 is 6.03 Å². The fraction of sp³-hybridized carbons (Fsp3) is 0.778. The number of urea groups is 1. The highest BCUT2D eigenvalue weighted by Crippen LogP contribution is 2.33. The molecule has 0 spiro atoms. The molecule has 4 nitrogen and oxygen atoms in total. The lowest BCUT2D eigenvalue weighted by atomic mass is 9.77. The van der Waals surface area contributed by atoms with E-state index in [1.807, 2.05) is 0 Å². The zero-order chi connectivity index (χ0) is 9.90. The first-order chi connectivity index (χ1) is 5.99. The number of amides is 2. The van der Waals surface area contributed by atoms with E-state index in [0.717, 1.165) is 31.4 Å². The number of nitrogens with two attached hydrogens (primary N) is 1. The molecule has 1 aliphatic rings. The molecule has 13 heavy (non-hydrogen) atoms. The van der Waals surface area contributed by atoms with Crippen molar-refractivity contribution in [3.63, 3.8) is 0 Å². The predicted octanol–water partition coefficient (Wildman–Crippen LogP) is 1.61. The Morgan fingerprint density at radius 3 is 2.46 bits per heavy atom. The molecule has 0 aliphatic heterocycles. The van der Waals surface area contributed by atoms with Gasteiger partial charge < -0.3 is 5.73 Å². The number of carbonyl (C=O) groups excluding carboxylic acids is 1. The van der Waals surface area contributed by atoms with Gasteiger partial charge in [-0.05, 0) is 31.1 Å². The first-order valence-electron chi connectivity index (χ1n) is 4.60. The highest BCUT2D eigenvalue weighted by Gasteiger charge is 2.24. The van der Waals surface area contributed by atoms with E-state index in [2.05, 4.69) is 24.4 Å². The Hall–Kier alpha value is -1.06. The van der Waals surface area contributed by atoms with Crippen LogP contribution in [0, 0.1) is 5.41 Å². The molecule has 1 saturated carbocycles. The van der Waals surface area contributed by atoms with Crippen LogP contribution in [0.3, 0.4) is 0 Å². The van der Waals surface area contributed by atoms with Crippen molar-refractivity contribution in [2.75, 3.05) is 0 Å². The van der Waals surface area contributed by atoms with E-state index >= 15 is 0 Å². The molecule has 0 atom stereocenters. The summed E-state index contributed by atoms with van der Waals surface area (Å²) in [7, 11) is 0. The molecule has 4 heteroatoms. The lowest BCUT2D eigenvalue weighted by molar-refractivity contribution is 0.249. The molecule has 0 bridgehead atoms. The lowest BCUT2D eigenvalue weighted by Gasteiger charge is -2.29. The molecular weight excluding hydrogens is 166 g/mol. The Morgan fingerprint density at radius 1 is 1.46 bits per heavy atom. The monoisotopic (exact) mass is 183 g/mol. The number of rotatable bonds is 1. The molecule has 0 aromatic rings. The number of primary amides is 1. The number of nitrogens with one attached hydrogen (secondary N) is 1.